The summed E-state index contributed by atoms with van der Waals surface area (Å²) < 4.78 is 61.0. The number of carbonyl (C=O) groups excluding carboxylic acids is 1. The van der Waals surface area contributed by atoms with Crippen molar-refractivity contribution >= 4 is 33.8 Å². The third kappa shape index (κ3) is 4.43. The van der Waals surface area contributed by atoms with Gasteiger partial charge in [0.1, 0.15) is 5.75 Å². The monoisotopic (exact) mass is 503 g/mol. The molecule has 0 N–H and O–H groups in total. The van der Waals surface area contributed by atoms with E-state index in [9.17, 15) is 32.5 Å². The number of amides is 1. The standard InChI is InChI=1S/C23H13F4N3O4S/c1-34-18-5-3-2-4-17(18)29(22(31)14-10-15(24)20(26)21(27)19(14)25)23-28-16(11-35-23)12-6-8-13(9-7-12)30(32)33/h2-11H,1H3. The van der Waals surface area contributed by atoms with E-state index in [-0.39, 0.29) is 28.3 Å². The van der Waals surface area contributed by atoms with Crippen molar-refractivity contribution in [1.82, 2.24) is 4.98 Å². The van der Waals surface area contributed by atoms with Crippen LogP contribution in [0.15, 0.2) is 60.0 Å². The van der Waals surface area contributed by atoms with Crippen LogP contribution >= 0.6 is 11.3 Å². The lowest BCUT2D eigenvalue weighted by molar-refractivity contribution is -0.384. The number of ether oxygens (including phenoxy) is 1. The molecule has 0 saturated heterocycles. The minimum atomic E-state index is -2.13. The van der Waals surface area contributed by atoms with Gasteiger partial charge in [-0.05, 0) is 30.3 Å². The van der Waals surface area contributed by atoms with Crippen LogP contribution in [0.3, 0.4) is 0 Å². The zero-order valence-electron chi connectivity index (χ0n) is 17.7. The molecule has 1 aromatic heterocycles. The summed E-state index contributed by atoms with van der Waals surface area (Å²) in [7, 11) is 1.32. The normalized spacial score (nSPS) is 10.8. The number of halogens is 4. The number of non-ortho nitro benzene ring substituents is 1. The molecule has 0 unspecified atom stereocenters. The lowest BCUT2D eigenvalue weighted by Gasteiger charge is -2.22. The van der Waals surface area contributed by atoms with Gasteiger partial charge in [0, 0.05) is 23.1 Å². The first-order valence-corrected chi connectivity index (χ1v) is 10.6. The Bertz CT molecular complexity index is 1440. The number of benzene rings is 3. The number of thiazole rings is 1. The van der Waals surface area contributed by atoms with Crippen molar-refractivity contribution in [3.63, 3.8) is 0 Å². The van der Waals surface area contributed by atoms with Gasteiger partial charge in [-0.3, -0.25) is 14.9 Å². The summed E-state index contributed by atoms with van der Waals surface area (Å²) >= 11 is 0.938. The highest BCUT2D eigenvalue weighted by Gasteiger charge is 2.31. The molecule has 0 saturated carbocycles. The highest BCUT2D eigenvalue weighted by molar-refractivity contribution is 7.14. The van der Waals surface area contributed by atoms with Crippen molar-refractivity contribution in [3.05, 3.63) is 98.9 Å². The van der Waals surface area contributed by atoms with Crippen molar-refractivity contribution in [2.45, 2.75) is 0 Å². The number of hydrogen-bond donors (Lipinski definition) is 0. The van der Waals surface area contributed by atoms with E-state index in [1.807, 2.05) is 0 Å². The molecule has 0 aliphatic rings. The Hall–Kier alpha value is -4.32. The summed E-state index contributed by atoms with van der Waals surface area (Å²) in [5.74, 6) is -8.83. The summed E-state index contributed by atoms with van der Waals surface area (Å²) in [4.78, 5) is 29.0. The molecule has 178 valence electrons. The Labute approximate surface area is 199 Å². The molecule has 3 aromatic carbocycles. The van der Waals surface area contributed by atoms with E-state index in [2.05, 4.69) is 4.98 Å². The van der Waals surface area contributed by atoms with Crippen molar-refractivity contribution in [2.75, 3.05) is 12.0 Å². The molecule has 35 heavy (non-hydrogen) atoms. The van der Waals surface area contributed by atoms with Gasteiger partial charge in [-0.25, -0.2) is 27.4 Å². The minimum absolute atomic E-state index is 0.0302. The van der Waals surface area contributed by atoms with Gasteiger partial charge in [-0.15, -0.1) is 11.3 Å². The number of rotatable bonds is 6. The van der Waals surface area contributed by atoms with E-state index < -0.39 is 39.7 Å². The van der Waals surface area contributed by atoms with Crippen molar-refractivity contribution in [2.24, 2.45) is 0 Å². The smallest absolute Gasteiger partial charge is 0.269 e. The maximum atomic E-state index is 14.5. The van der Waals surface area contributed by atoms with Crippen LogP contribution in [0, 0.1) is 33.4 Å². The Morgan fingerprint density at radius 3 is 2.37 bits per heavy atom. The second-order valence-electron chi connectivity index (χ2n) is 6.98. The highest BCUT2D eigenvalue weighted by atomic mass is 32.1. The van der Waals surface area contributed by atoms with E-state index >= 15 is 0 Å². The van der Waals surface area contributed by atoms with Crippen molar-refractivity contribution in [1.29, 1.82) is 0 Å². The van der Waals surface area contributed by atoms with Crippen LogP contribution in [0.2, 0.25) is 0 Å². The molecule has 4 aromatic rings. The van der Waals surface area contributed by atoms with Crippen LogP contribution in [-0.4, -0.2) is 22.9 Å². The van der Waals surface area contributed by atoms with E-state index in [1.54, 1.807) is 12.1 Å². The van der Waals surface area contributed by atoms with Crippen LogP contribution in [0.4, 0.5) is 34.1 Å². The molecule has 0 aliphatic carbocycles. The predicted octanol–water partition coefficient (Wildman–Crippen LogP) is 6.26. The number of nitro groups is 1. The average molecular weight is 503 g/mol. The molecular weight excluding hydrogens is 490 g/mol. The first kappa shape index (κ1) is 23.8. The number of anilines is 2. The molecule has 1 amide bonds. The molecular formula is C23H13F4N3O4S. The first-order chi connectivity index (χ1) is 16.7. The number of aromatic nitrogens is 1. The SMILES string of the molecule is COc1ccccc1N(C(=O)c1cc(F)c(F)c(F)c1F)c1nc(-c2ccc([N+](=O)[O-])cc2)cs1. The van der Waals surface area contributed by atoms with Gasteiger partial charge in [0.2, 0.25) is 0 Å². The van der Waals surface area contributed by atoms with Crippen molar-refractivity contribution in [3.8, 4) is 17.0 Å². The Morgan fingerprint density at radius 1 is 1.03 bits per heavy atom. The lowest BCUT2D eigenvalue weighted by atomic mass is 10.1. The third-order valence-corrected chi connectivity index (χ3v) is 5.75. The number of carbonyl (C=O) groups is 1. The largest absolute Gasteiger partial charge is 0.495 e. The average Bonchev–Trinajstić information content (AvgIpc) is 3.35. The predicted molar refractivity (Wildman–Crippen MR) is 120 cm³/mol. The first-order valence-electron chi connectivity index (χ1n) is 9.73. The molecule has 7 nitrogen and oxygen atoms in total. The van der Waals surface area contributed by atoms with Gasteiger partial charge in [-0.2, -0.15) is 0 Å². The van der Waals surface area contributed by atoms with Gasteiger partial charge in [0.05, 0.1) is 29.0 Å². The fourth-order valence-electron chi connectivity index (χ4n) is 3.22. The van der Waals surface area contributed by atoms with E-state index in [1.165, 1.54) is 48.9 Å². The maximum Gasteiger partial charge on any atom is 0.269 e. The van der Waals surface area contributed by atoms with Crippen molar-refractivity contribution < 1.29 is 32.0 Å². The fourth-order valence-corrected chi connectivity index (χ4v) is 4.06. The molecule has 0 atom stereocenters. The number of methoxy groups -OCH3 is 1. The summed E-state index contributed by atoms with van der Waals surface area (Å²) in [5.41, 5.74) is -0.306. The maximum absolute atomic E-state index is 14.5. The number of nitrogens with zero attached hydrogens (tertiary/aromatic N) is 3. The van der Waals surface area contributed by atoms with Gasteiger partial charge in [0.15, 0.2) is 28.4 Å². The van der Waals surface area contributed by atoms with E-state index in [4.69, 9.17) is 4.74 Å². The molecule has 0 fully saturated rings. The Balaban J connectivity index is 1.84. The number of hydrogen-bond acceptors (Lipinski definition) is 6. The molecule has 0 spiro atoms. The van der Waals surface area contributed by atoms with E-state index in [0.717, 1.165) is 16.2 Å². The highest BCUT2D eigenvalue weighted by Crippen LogP contribution is 2.39. The Kier molecular flexibility index (Phi) is 6.47. The van der Waals surface area contributed by atoms with Crippen LogP contribution in [0.1, 0.15) is 10.4 Å². The fraction of sp³-hybridized carbons (Fsp3) is 0.0435. The third-order valence-electron chi connectivity index (χ3n) is 4.92. The summed E-state index contributed by atoms with van der Waals surface area (Å²) in [6.07, 6.45) is 0. The summed E-state index contributed by atoms with van der Waals surface area (Å²) in [6, 6.07) is 11.8. The van der Waals surface area contributed by atoms with Crippen LogP contribution < -0.4 is 9.64 Å². The zero-order valence-corrected chi connectivity index (χ0v) is 18.5. The molecule has 0 bridgehead atoms. The van der Waals surface area contributed by atoms with Gasteiger partial charge in [0.25, 0.3) is 11.6 Å². The summed E-state index contributed by atoms with van der Waals surface area (Å²) in [5, 5.41) is 12.4. The zero-order chi connectivity index (χ0) is 25.3. The molecule has 4 rings (SSSR count). The summed E-state index contributed by atoms with van der Waals surface area (Å²) in [6.45, 7) is 0. The molecule has 0 aliphatic heterocycles. The van der Waals surface area contributed by atoms with Crippen LogP contribution in [-0.2, 0) is 0 Å². The van der Waals surface area contributed by atoms with Gasteiger partial charge < -0.3 is 4.74 Å². The van der Waals surface area contributed by atoms with Gasteiger partial charge in [-0.1, -0.05) is 12.1 Å². The topological polar surface area (TPSA) is 85.6 Å². The lowest BCUT2D eigenvalue weighted by Crippen LogP contribution is -2.28. The second-order valence-corrected chi connectivity index (χ2v) is 7.82. The molecule has 0 radical (unpaired) electrons. The van der Waals surface area contributed by atoms with E-state index in [0.29, 0.717) is 11.3 Å². The second kappa shape index (κ2) is 9.50. The number of nitro benzene ring substituents is 1. The molecule has 12 heteroatoms. The number of para-hydroxylation sites is 2. The molecule has 1 heterocycles. The van der Waals surface area contributed by atoms with Crippen LogP contribution in [0.5, 0.6) is 5.75 Å². The Morgan fingerprint density at radius 2 is 1.71 bits per heavy atom. The quantitative estimate of drug-likeness (QED) is 0.102. The minimum Gasteiger partial charge on any atom is -0.495 e. The van der Waals surface area contributed by atoms with Crippen LogP contribution in [0.25, 0.3) is 11.3 Å². The van der Waals surface area contributed by atoms with Gasteiger partial charge >= 0.3 is 0 Å².